The summed E-state index contributed by atoms with van der Waals surface area (Å²) in [6.07, 6.45) is 4.45. The van der Waals surface area contributed by atoms with E-state index < -0.39 is 5.60 Å². The van der Waals surface area contributed by atoms with E-state index in [1.54, 1.807) is 0 Å². The fourth-order valence-electron chi connectivity index (χ4n) is 4.22. The summed E-state index contributed by atoms with van der Waals surface area (Å²) in [4.78, 5) is 2.39. The number of likely N-dealkylation sites (N-methyl/N-ethyl adjacent to an activating group) is 1. The molecule has 2 saturated heterocycles. The van der Waals surface area contributed by atoms with Gasteiger partial charge in [-0.1, -0.05) is 12.1 Å². The number of morpholine rings is 1. The minimum absolute atomic E-state index is 0.367. The first-order valence-corrected chi connectivity index (χ1v) is 8.40. The normalized spacial score (nSPS) is 34.3. The van der Waals surface area contributed by atoms with Crippen molar-refractivity contribution in [3.05, 3.63) is 29.3 Å². The van der Waals surface area contributed by atoms with Gasteiger partial charge in [-0.15, -0.1) is 0 Å². The zero-order chi connectivity index (χ0) is 15.2. The van der Waals surface area contributed by atoms with E-state index in [1.807, 2.05) is 0 Å². The third-order valence-electron chi connectivity index (χ3n) is 5.64. The van der Waals surface area contributed by atoms with Gasteiger partial charge in [-0.05, 0) is 49.9 Å². The molecule has 4 nitrogen and oxygen atoms in total. The Bertz CT molecular complexity index is 545. The van der Waals surface area contributed by atoms with E-state index in [4.69, 9.17) is 9.47 Å². The highest BCUT2D eigenvalue weighted by Crippen LogP contribution is 2.36. The van der Waals surface area contributed by atoms with Crippen LogP contribution in [-0.4, -0.2) is 54.6 Å². The number of nitrogens with zero attached hydrogens (tertiary/aromatic N) is 1. The predicted molar refractivity (Wildman–Crippen MR) is 84.3 cm³/mol. The van der Waals surface area contributed by atoms with Crippen LogP contribution in [-0.2, 0) is 17.6 Å². The van der Waals surface area contributed by atoms with Gasteiger partial charge < -0.3 is 14.6 Å². The summed E-state index contributed by atoms with van der Waals surface area (Å²) in [5.41, 5.74) is 2.09. The van der Waals surface area contributed by atoms with Crippen LogP contribution in [0.15, 0.2) is 18.2 Å². The highest BCUT2D eigenvalue weighted by Gasteiger charge is 2.44. The van der Waals surface area contributed by atoms with E-state index >= 15 is 0 Å². The molecule has 0 radical (unpaired) electrons. The molecule has 4 heteroatoms. The second-order valence-electron chi connectivity index (χ2n) is 7.18. The van der Waals surface area contributed by atoms with Crippen LogP contribution >= 0.6 is 0 Å². The Morgan fingerprint density at radius 3 is 2.82 bits per heavy atom. The number of rotatable bonds is 3. The van der Waals surface area contributed by atoms with Gasteiger partial charge in [0, 0.05) is 18.5 Å². The Hall–Kier alpha value is -1.10. The molecule has 2 fully saturated rings. The standard InChI is InChI=1S/C18H25NO3/c1-19-15-9-18(20,10-16(19)12-21-11-15)6-4-13-2-3-17-14(8-13)5-7-22-17/h2-3,8,15-16,20H,4-7,9-12H2,1H3. The first kappa shape index (κ1) is 14.5. The number of aliphatic hydroxyl groups is 1. The van der Waals surface area contributed by atoms with Gasteiger partial charge >= 0.3 is 0 Å². The largest absolute Gasteiger partial charge is 0.493 e. The molecule has 1 N–H and O–H groups in total. The van der Waals surface area contributed by atoms with Crippen LogP contribution in [0.1, 0.15) is 30.4 Å². The lowest BCUT2D eigenvalue weighted by Crippen LogP contribution is -2.60. The molecule has 22 heavy (non-hydrogen) atoms. The first-order valence-electron chi connectivity index (χ1n) is 8.40. The topological polar surface area (TPSA) is 41.9 Å². The summed E-state index contributed by atoms with van der Waals surface area (Å²) in [5, 5.41) is 11.0. The van der Waals surface area contributed by atoms with E-state index in [0.717, 1.165) is 57.7 Å². The quantitative estimate of drug-likeness (QED) is 0.924. The third kappa shape index (κ3) is 2.64. The van der Waals surface area contributed by atoms with Crippen molar-refractivity contribution < 1.29 is 14.6 Å². The van der Waals surface area contributed by atoms with Crippen LogP contribution in [0.3, 0.4) is 0 Å². The fraction of sp³-hybridized carbons (Fsp3) is 0.667. The molecule has 2 unspecified atom stereocenters. The SMILES string of the molecule is CN1C2COCC1CC(O)(CCc1ccc3c(c1)CCO3)C2. The highest BCUT2D eigenvalue weighted by atomic mass is 16.5. The highest BCUT2D eigenvalue weighted by molar-refractivity contribution is 5.39. The summed E-state index contributed by atoms with van der Waals surface area (Å²) >= 11 is 0. The van der Waals surface area contributed by atoms with Crippen LogP contribution in [0.4, 0.5) is 0 Å². The van der Waals surface area contributed by atoms with Gasteiger partial charge in [-0.2, -0.15) is 0 Å². The number of hydrogen-bond donors (Lipinski definition) is 1. The number of hydrogen-bond acceptors (Lipinski definition) is 4. The van der Waals surface area contributed by atoms with Crippen LogP contribution in [0.2, 0.25) is 0 Å². The molecular formula is C18H25NO3. The summed E-state index contributed by atoms with van der Waals surface area (Å²) in [6.45, 7) is 2.31. The number of ether oxygens (including phenoxy) is 2. The lowest BCUT2D eigenvalue weighted by molar-refractivity contribution is -0.136. The molecule has 2 bridgehead atoms. The van der Waals surface area contributed by atoms with Gasteiger partial charge in [0.05, 0.1) is 25.4 Å². The zero-order valence-corrected chi connectivity index (χ0v) is 13.3. The van der Waals surface area contributed by atoms with Crippen molar-refractivity contribution in [2.45, 2.75) is 49.8 Å². The zero-order valence-electron chi connectivity index (χ0n) is 13.3. The molecule has 0 saturated carbocycles. The summed E-state index contributed by atoms with van der Waals surface area (Å²) in [6, 6.07) is 7.22. The molecule has 3 heterocycles. The van der Waals surface area contributed by atoms with Gasteiger partial charge in [-0.3, -0.25) is 4.90 Å². The monoisotopic (exact) mass is 303 g/mol. The number of aryl methyl sites for hydroxylation is 1. The number of benzene rings is 1. The van der Waals surface area contributed by atoms with E-state index in [2.05, 4.69) is 30.1 Å². The van der Waals surface area contributed by atoms with Gasteiger partial charge in [0.25, 0.3) is 0 Å². The first-order chi connectivity index (χ1) is 10.6. The van der Waals surface area contributed by atoms with Crippen LogP contribution in [0.5, 0.6) is 5.75 Å². The number of piperidine rings is 1. The van der Waals surface area contributed by atoms with Gasteiger partial charge in [0.1, 0.15) is 5.75 Å². The lowest BCUT2D eigenvalue weighted by Gasteiger charge is -2.50. The maximum absolute atomic E-state index is 11.0. The second-order valence-corrected chi connectivity index (χ2v) is 7.18. The number of fused-ring (bicyclic) bond motifs is 3. The Labute approximate surface area is 132 Å². The minimum atomic E-state index is -0.541. The summed E-state index contributed by atoms with van der Waals surface area (Å²) in [5.74, 6) is 1.04. The third-order valence-corrected chi connectivity index (χ3v) is 5.64. The fourth-order valence-corrected chi connectivity index (χ4v) is 4.22. The molecule has 3 aliphatic heterocycles. The molecular weight excluding hydrogens is 278 g/mol. The molecule has 1 aromatic carbocycles. The summed E-state index contributed by atoms with van der Waals surface area (Å²) in [7, 11) is 2.16. The maximum Gasteiger partial charge on any atom is 0.122 e. The molecule has 120 valence electrons. The van der Waals surface area contributed by atoms with Gasteiger partial charge in [-0.25, -0.2) is 0 Å². The molecule has 0 aliphatic carbocycles. The van der Waals surface area contributed by atoms with Gasteiger partial charge in [0.15, 0.2) is 0 Å². The van der Waals surface area contributed by atoms with E-state index in [0.29, 0.717) is 12.1 Å². The molecule has 0 amide bonds. The van der Waals surface area contributed by atoms with Crippen molar-refractivity contribution >= 4 is 0 Å². The average molecular weight is 303 g/mol. The Morgan fingerprint density at radius 1 is 1.27 bits per heavy atom. The molecule has 0 spiro atoms. The minimum Gasteiger partial charge on any atom is -0.493 e. The van der Waals surface area contributed by atoms with Crippen molar-refractivity contribution in [3.8, 4) is 5.75 Å². The van der Waals surface area contributed by atoms with Crippen LogP contribution in [0, 0.1) is 0 Å². The van der Waals surface area contributed by atoms with E-state index in [9.17, 15) is 5.11 Å². The molecule has 0 aromatic heterocycles. The predicted octanol–water partition coefficient (Wildman–Crippen LogP) is 1.78. The summed E-state index contributed by atoms with van der Waals surface area (Å²) < 4.78 is 11.2. The average Bonchev–Trinajstić information content (AvgIpc) is 2.95. The maximum atomic E-state index is 11.0. The van der Waals surface area contributed by atoms with E-state index in [1.165, 1.54) is 11.1 Å². The smallest absolute Gasteiger partial charge is 0.122 e. The van der Waals surface area contributed by atoms with Crippen molar-refractivity contribution in [3.63, 3.8) is 0 Å². The van der Waals surface area contributed by atoms with Crippen molar-refractivity contribution in [1.82, 2.24) is 4.90 Å². The molecule has 3 aliphatic rings. The molecule has 1 aromatic rings. The Balaban J connectivity index is 1.42. The van der Waals surface area contributed by atoms with Crippen molar-refractivity contribution in [1.29, 1.82) is 0 Å². The van der Waals surface area contributed by atoms with E-state index in [-0.39, 0.29) is 0 Å². The Morgan fingerprint density at radius 2 is 2.05 bits per heavy atom. The second kappa shape index (κ2) is 5.52. The van der Waals surface area contributed by atoms with Crippen molar-refractivity contribution in [2.75, 3.05) is 26.9 Å². The Kier molecular flexibility index (Phi) is 3.63. The van der Waals surface area contributed by atoms with Crippen LogP contribution in [0.25, 0.3) is 0 Å². The molecule has 2 atom stereocenters. The molecule has 4 rings (SSSR count). The lowest BCUT2D eigenvalue weighted by atomic mass is 9.78. The van der Waals surface area contributed by atoms with Crippen molar-refractivity contribution in [2.24, 2.45) is 0 Å². The van der Waals surface area contributed by atoms with Crippen LogP contribution < -0.4 is 4.74 Å². The van der Waals surface area contributed by atoms with Gasteiger partial charge in [0.2, 0.25) is 0 Å².